The monoisotopic (exact) mass is 300 g/mol. The van der Waals surface area contributed by atoms with Gasteiger partial charge < -0.3 is 4.98 Å². The maximum atomic E-state index is 12.8. The van der Waals surface area contributed by atoms with Crippen LogP contribution in [-0.2, 0) is 6.54 Å². The van der Waals surface area contributed by atoms with Gasteiger partial charge in [-0.3, -0.25) is 9.69 Å². The Kier molecular flexibility index (Phi) is 5.41. The van der Waals surface area contributed by atoms with E-state index in [-0.39, 0.29) is 5.43 Å². The van der Waals surface area contributed by atoms with Gasteiger partial charge in [0.05, 0.1) is 0 Å². The molecule has 0 amide bonds. The van der Waals surface area contributed by atoms with E-state index in [4.69, 9.17) is 0 Å². The number of aryl methyl sites for hydroxylation is 1. The molecular weight excluding hydrogens is 272 g/mol. The third-order valence-electron chi connectivity index (χ3n) is 3.85. The van der Waals surface area contributed by atoms with Gasteiger partial charge >= 0.3 is 0 Å². The molecule has 1 aromatic carbocycles. The van der Waals surface area contributed by atoms with E-state index in [1.807, 2.05) is 31.2 Å². The summed E-state index contributed by atoms with van der Waals surface area (Å²) in [6, 6.07) is 7.76. The predicted molar refractivity (Wildman–Crippen MR) is 94.3 cm³/mol. The maximum Gasteiger partial charge on any atom is 0.194 e. The van der Waals surface area contributed by atoms with Crippen molar-refractivity contribution in [2.45, 2.75) is 41.2 Å². The number of H-pyrrole nitrogens is 1. The number of aromatic amines is 1. The van der Waals surface area contributed by atoms with Gasteiger partial charge in [0.15, 0.2) is 5.43 Å². The number of nitrogens with zero attached hydrogens (tertiary/aromatic N) is 1. The average molecular weight is 300 g/mol. The molecule has 3 nitrogen and oxygen atoms in total. The van der Waals surface area contributed by atoms with Gasteiger partial charge in [-0.25, -0.2) is 0 Å². The van der Waals surface area contributed by atoms with E-state index in [1.165, 1.54) is 0 Å². The standard InChI is InChI=1S/C19H28N2O/c1-13(2)10-21(11-14(3)4)12-17-15(5)20-18-9-7-6-8-16(18)19(17)22/h6-9,13-14H,10-12H2,1-5H3,(H,20,22). The van der Waals surface area contributed by atoms with E-state index in [1.54, 1.807) is 0 Å². The van der Waals surface area contributed by atoms with Crippen molar-refractivity contribution in [1.29, 1.82) is 0 Å². The van der Waals surface area contributed by atoms with Crippen LogP contribution in [0.5, 0.6) is 0 Å². The quantitative estimate of drug-likeness (QED) is 0.877. The van der Waals surface area contributed by atoms with Crippen molar-refractivity contribution in [2.24, 2.45) is 11.8 Å². The number of pyridine rings is 1. The third-order valence-corrected chi connectivity index (χ3v) is 3.85. The molecule has 0 atom stereocenters. The zero-order valence-electron chi connectivity index (χ0n) is 14.4. The Morgan fingerprint density at radius 1 is 1.05 bits per heavy atom. The Balaban J connectivity index is 2.38. The number of nitrogens with one attached hydrogen (secondary N) is 1. The number of fused-ring (bicyclic) bond motifs is 1. The second-order valence-corrected chi connectivity index (χ2v) is 7.09. The third kappa shape index (κ3) is 3.98. The highest BCUT2D eigenvalue weighted by molar-refractivity contribution is 5.79. The lowest BCUT2D eigenvalue weighted by Crippen LogP contribution is -2.33. The predicted octanol–water partition coefficient (Wildman–Crippen LogP) is 3.95. The molecule has 1 heterocycles. The van der Waals surface area contributed by atoms with Crippen LogP contribution in [0.1, 0.15) is 39.0 Å². The number of hydrogen-bond donors (Lipinski definition) is 1. The molecule has 2 rings (SSSR count). The van der Waals surface area contributed by atoms with E-state index < -0.39 is 0 Å². The Bertz CT molecular complexity index is 675. The molecule has 0 saturated carbocycles. The molecule has 0 fully saturated rings. The van der Waals surface area contributed by atoms with Gasteiger partial charge in [0, 0.05) is 41.8 Å². The van der Waals surface area contributed by atoms with E-state index in [0.29, 0.717) is 11.8 Å². The first-order valence-electron chi connectivity index (χ1n) is 8.21. The van der Waals surface area contributed by atoms with E-state index in [9.17, 15) is 4.79 Å². The molecule has 0 unspecified atom stereocenters. The zero-order chi connectivity index (χ0) is 16.3. The molecule has 3 heteroatoms. The summed E-state index contributed by atoms with van der Waals surface area (Å²) in [5.74, 6) is 1.19. The highest BCUT2D eigenvalue weighted by Gasteiger charge is 2.15. The Hall–Kier alpha value is -1.61. The van der Waals surface area contributed by atoms with Crippen LogP contribution in [0.4, 0.5) is 0 Å². The van der Waals surface area contributed by atoms with Crippen LogP contribution in [-0.4, -0.2) is 23.0 Å². The van der Waals surface area contributed by atoms with Crippen LogP contribution >= 0.6 is 0 Å². The van der Waals surface area contributed by atoms with Gasteiger partial charge in [0.1, 0.15) is 0 Å². The van der Waals surface area contributed by atoms with Gasteiger partial charge in [-0.1, -0.05) is 39.8 Å². The molecule has 1 aromatic heterocycles. The molecule has 0 spiro atoms. The van der Waals surface area contributed by atoms with Crippen LogP contribution in [0.25, 0.3) is 10.9 Å². The summed E-state index contributed by atoms with van der Waals surface area (Å²) in [7, 11) is 0. The van der Waals surface area contributed by atoms with Crippen LogP contribution in [0.2, 0.25) is 0 Å². The molecule has 2 aromatic rings. The van der Waals surface area contributed by atoms with Crippen LogP contribution in [0.3, 0.4) is 0 Å². The second kappa shape index (κ2) is 7.10. The SMILES string of the molecule is Cc1[nH]c2ccccc2c(=O)c1CN(CC(C)C)CC(C)C. The van der Waals surface area contributed by atoms with Crippen molar-refractivity contribution in [3.8, 4) is 0 Å². The highest BCUT2D eigenvalue weighted by Crippen LogP contribution is 2.14. The first-order valence-corrected chi connectivity index (χ1v) is 8.21. The molecule has 22 heavy (non-hydrogen) atoms. The second-order valence-electron chi connectivity index (χ2n) is 7.09. The molecule has 0 aliphatic carbocycles. The highest BCUT2D eigenvalue weighted by atomic mass is 16.1. The fourth-order valence-corrected chi connectivity index (χ4v) is 3.05. The summed E-state index contributed by atoms with van der Waals surface area (Å²) < 4.78 is 0. The van der Waals surface area contributed by atoms with Crippen molar-refractivity contribution in [3.63, 3.8) is 0 Å². The van der Waals surface area contributed by atoms with Gasteiger partial charge in [-0.05, 0) is 30.9 Å². The van der Waals surface area contributed by atoms with Crippen LogP contribution < -0.4 is 5.43 Å². The average Bonchev–Trinajstić information content (AvgIpc) is 2.42. The molecule has 0 aliphatic rings. The summed E-state index contributed by atoms with van der Waals surface area (Å²) in [4.78, 5) is 18.6. The van der Waals surface area contributed by atoms with Crippen molar-refractivity contribution < 1.29 is 0 Å². The Labute approximate surface area is 133 Å². The van der Waals surface area contributed by atoms with Crippen LogP contribution in [0, 0.1) is 18.8 Å². The van der Waals surface area contributed by atoms with Gasteiger partial charge in [0.2, 0.25) is 0 Å². The van der Waals surface area contributed by atoms with Crippen molar-refractivity contribution in [1.82, 2.24) is 9.88 Å². The molecule has 120 valence electrons. The van der Waals surface area contributed by atoms with E-state index in [0.717, 1.165) is 41.8 Å². The number of rotatable bonds is 6. The number of aromatic nitrogens is 1. The molecule has 0 bridgehead atoms. The summed E-state index contributed by atoms with van der Waals surface area (Å²) in [5.41, 5.74) is 2.98. The normalized spacial score (nSPS) is 12.0. The van der Waals surface area contributed by atoms with E-state index >= 15 is 0 Å². The van der Waals surface area contributed by atoms with Crippen molar-refractivity contribution in [3.05, 3.63) is 45.7 Å². The van der Waals surface area contributed by atoms with Crippen molar-refractivity contribution in [2.75, 3.05) is 13.1 Å². The Morgan fingerprint density at radius 2 is 1.64 bits per heavy atom. The number of benzene rings is 1. The maximum absolute atomic E-state index is 12.8. The summed E-state index contributed by atoms with van der Waals surface area (Å²) in [6.45, 7) is 13.7. The lowest BCUT2D eigenvalue weighted by atomic mass is 10.1. The topological polar surface area (TPSA) is 36.1 Å². The molecular formula is C19H28N2O. The molecule has 0 radical (unpaired) electrons. The van der Waals surface area contributed by atoms with Gasteiger partial charge in [-0.15, -0.1) is 0 Å². The summed E-state index contributed by atoms with van der Waals surface area (Å²) in [5, 5.41) is 0.789. The largest absolute Gasteiger partial charge is 0.358 e. The summed E-state index contributed by atoms with van der Waals surface area (Å²) >= 11 is 0. The minimum atomic E-state index is 0.171. The smallest absolute Gasteiger partial charge is 0.194 e. The number of para-hydroxylation sites is 1. The fraction of sp³-hybridized carbons (Fsp3) is 0.526. The first kappa shape index (κ1) is 16.8. The first-order chi connectivity index (χ1) is 10.4. The zero-order valence-corrected chi connectivity index (χ0v) is 14.4. The lowest BCUT2D eigenvalue weighted by Gasteiger charge is -2.26. The summed E-state index contributed by atoms with van der Waals surface area (Å²) in [6.07, 6.45) is 0. The Morgan fingerprint density at radius 3 is 2.23 bits per heavy atom. The van der Waals surface area contributed by atoms with Gasteiger partial charge in [0.25, 0.3) is 0 Å². The minimum absolute atomic E-state index is 0.171. The van der Waals surface area contributed by atoms with Crippen LogP contribution in [0.15, 0.2) is 29.1 Å². The fourth-order valence-electron chi connectivity index (χ4n) is 3.05. The van der Waals surface area contributed by atoms with Gasteiger partial charge in [-0.2, -0.15) is 0 Å². The van der Waals surface area contributed by atoms with E-state index in [2.05, 4.69) is 37.6 Å². The molecule has 0 aliphatic heterocycles. The molecule has 0 saturated heterocycles. The lowest BCUT2D eigenvalue weighted by molar-refractivity contribution is 0.210. The minimum Gasteiger partial charge on any atom is -0.358 e. The molecule has 1 N–H and O–H groups in total. The number of hydrogen-bond acceptors (Lipinski definition) is 2. The van der Waals surface area contributed by atoms with Crippen molar-refractivity contribution >= 4 is 10.9 Å².